The monoisotopic (exact) mass is 731 g/mol. The van der Waals surface area contributed by atoms with Crippen molar-refractivity contribution in [3.8, 4) is 78.7 Å². The van der Waals surface area contributed by atoms with E-state index in [1.54, 1.807) is 0 Å². The van der Waals surface area contributed by atoms with Gasteiger partial charge in [0.2, 0.25) is 0 Å². The summed E-state index contributed by atoms with van der Waals surface area (Å²) in [7, 11) is 0. The predicted octanol–water partition coefficient (Wildman–Crippen LogP) is 14.1. The number of aryl methyl sites for hydroxylation is 2. The van der Waals surface area contributed by atoms with Crippen molar-refractivity contribution in [3.05, 3.63) is 199 Å². The molecular formula is C53H37N3O. The zero-order chi connectivity index (χ0) is 38.3. The van der Waals surface area contributed by atoms with E-state index in [0.29, 0.717) is 17.5 Å². The highest BCUT2D eigenvalue weighted by Crippen LogP contribution is 2.40. The van der Waals surface area contributed by atoms with Crippen LogP contribution in [0.1, 0.15) is 11.1 Å². The van der Waals surface area contributed by atoms with Crippen LogP contribution in [0.25, 0.3) is 101 Å². The molecule has 0 spiro atoms. The zero-order valence-electron chi connectivity index (χ0n) is 31.6. The maximum atomic E-state index is 6.52. The molecule has 0 N–H and O–H groups in total. The number of fused-ring (bicyclic) bond motifs is 3. The zero-order valence-corrected chi connectivity index (χ0v) is 31.6. The van der Waals surface area contributed by atoms with Gasteiger partial charge in [-0.05, 0) is 112 Å². The van der Waals surface area contributed by atoms with E-state index in [0.717, 1.165) is 72.0 Å². The highest BCUT2D eigenvalue weighted by Gasteiger charge is 2.20. The Morgan fingerprint density at radius 3 is 1.53 bits per heavy atom. The van der Waals surface area contributed by atoms with Gasteiger partial charge in [0.1, 0.15) is 11.2 Å². The summed E-state index contributed by atoms with van der Waals surface area (Å²) in [6.45, 7) is 4.35. The SMILES string of the molecule is Cc1ccccc1-c1cc(-c2ccc3oc4cccc(-c5nc(-c6ccccc6)nc(-c6cc(-c7ccccc7)cc(-c7ccccc7)c6)n5)c4c3c2)ccc1C. The van der Waals surface area contributed by atoms with Gasteiger partial charge in [-0.25, -0.2) is 15.0 Å². The fourth-order valence-corrected chi connectivity index (χ4v) is 7.85. The van der Waals surface area contributed by atoms with Crippen LogP contribution in [0.3, 0.4) is 0 Å². The molecule has 0 saturated heterocycles. The van der Waals surface area contributed by atoms with Crippen LogP contribution in [0.15, 0.2) is 192 Å². The van der Waals surface area contributed by atoms with Crippen molar-refractivity contribution < 1.29 is 4.42 Å². The third-order valence-corrected chi connectivity index (χ3v) is 10.8. The van der Waals surface area contributed by atoms with E-state index in [1.807, 2.05) is 54.6 Å². The maximum Gasteiger partial charge on any atom is 0.164 e. The molecule has 8 aromatic carbocycles. The van der Waals surface area contributed by atoms with E-state index in [2.05, 4.69) is 147 Å². The fraction of sp³-hybridized carbons (Fsp3) is 0.0377. The Bertz CT molecular complexity index is 3020. The topological polar surface area (TPSA) is 51.8 Å². The number of benzene rings is 8. The molecule has 0 radical (unpaired) electrons. The fourth-order valence-electron chi connectivity index (χ4n) is 7.85. The van der Waals surface area contributed by atoms with Crippen molar-refractivity contribution in [1.29, 1.82) is 0 Å². The summed E-state index contributed by atoms with van der Waals surface area (Å²) in [5, 5.41) is 1.98. The first-order valence-corrected chi connectivity index (χ1v) is 19.3. The average Bonchev–Trinajstić information content (AvgIpc) is 3.66. The summed E-state index contributed by atoms with van der Waals surface area (Å²) in [4.78, 5) is 15.6. The minimum atomic E-state index is 0.584. The molecule has 0 aliphatic rings. The Kier molecular flexibility index (Phi) is 8.57. The van der Waals surface area contributed by atoms with Crippen LogP contribution in [-0.4, -0.2) is 15.0 Å². The summed E-state index contributed by atoms with van der Waals surface area (Å²) in [5.41, 5.74) is 16.0. The average molecular weight is 732 g/mol. The lowest BCUT2D eigenvalue weighted by atomic mass is 9.92. The lowest BCUT2D eigenvalue weighted by molar-refractivity contribution is 0.669. The predicted molar refractivity (Wildman–Crippen MR) is 235 cm³/mol. The molecule has 0 atom stereocenters. The molecule has 0 bridgehead atoms. The van der Waals surface area contributed by atoms with E-state index < -0.39 is 0 Å². The highest BCUT2D eigenvalue weighted by molar-refractivity contribution is 6.12. The second kappa shape index (κ2) is 14.3. The molecular weight excluding hydrogens is 695 g/mol. The Morgan fingerprint density at radius 2 is 0.842 bits per heavy atom. The molecule has 10 rings (SSSR count). The number of hydrogen-bond donors (Lipinski definition) is 0. The van der Waals surface area contributed by atoms with Crippen molar-refractivity contribution in [2.75, 3.05) is 0 Å². The van der Waals surface area contributed by atoms with Crippen LogP contribution in [-0.2, 0) is 0 Å². The van der Waals surface area contributed by atoms with Gasteiger partial charge in [-0.15, -0.1) is 0 Å². The molecule has 10 aromatic rings. The molecule has 57 heavy (non-hydrogen) atoms. The second-order valence-corrected chi connectivity index (χ2v) is 14.5. The molecule has 0 saturated carbocycles. The van der Waals surface area contributed by atoms with Gasteiger partial charge in [-0.2, -0.15) is 0 Å². The number of rotatable bonds is 7. The van der Waals surface area contributed by atoms with Crippen LogP contribution in [0.4, 0.5) is 0 Å². The molecule has 0 amide bonds. The van der Waals surface area contributed by atoms with Crippen LogP contribution in [0.2, 0.25) is 0 Å². The van der Waals surface area contributed by atoms with Gasteiger partial charge < -0.3 is 4.42 Å². The van der Waals surface area contributed by atoms with Crippen molar-refractivity contribution >= 4 is 21.9 Å². The normalized spacial score (nSPS) is 11.3. The van der Waals surface area contributed by atoms with E-state index in [9.17, 15) is 0 Å². The van der Waals surface area contributed by atoms with Crippen molar-refractivity contribution in [3.63, 3.8) is 0 Å². The number of nitrogens with zero attached hydrogens (tertiary/aromatic N) is 3. The van der Waals surface area contributed by atoms with Crippen molar-refractivity contribution in [2.24, 2.45) is 0 Å². The standard InChI is InChI=1S/C53H37N3O/c1-34-15-12-13-22-44(34)46-32-39(26-25-35(46)2)40-27-28-48-47(33-40)50-45(23-14-24-49(50)57-48)53-55-51(38-20-10-5-11-21-38)54-52(56-53)43-30-41(36-16-6-3-7-17-36)29-42(31-43)37-18-8-4-9-19-37/h3-33H,1-2H3. The van der Waals surface area contributed by atoms with Gasteiger partial charge in [0, 0.05) is 27.5 Å². The van der Waals surface area contributed by atoms with Gasteiger partial charge in [0.15, 0.2) is 17.5 Å². The number of hydrogen-bond acceptors (Lipinski definition) is 4. The molecule has 0 fully saturated rings. The highest BCUT2D eigenvalue weighted by atomic mass is 16.3. The first-order valence-electron chi connectivity index (χ1n) is 19.3. The summed E-state index contributed by atoms with van der Waals surface area (Å²) in [6, 6.07) is 65.6. The first-order chi connectivity index (χ1) is 28.1. The molecule has 2 heterocycles. The number of aromatic nitrogens is 3. The third kappa shape index (κ3) is 6.47. The van der Waals surface area contributed by atoms with Gasteiger partial charge in [-0.1, -0.05) is 146 Å². The number of furan rings is 1. The van der Waals surface area contributed by atoms with Gasteiger partial charge in [-0.3, -0.25) is 0 Å². The minimum Gasteiger partial charge on any atom is -0.456 e. The Hall–Kier alpha value is -7.43. The van der Waals surface area contributed by atoms with Crippen LogP contribution >= 0.6 is 0 Å². The molecule has 2 aromatic heterocycles. The third-order valence-electron chi connectivity index (χ3n) is 10.8. The van der Waals surface area contributed by atoms with Gasteiger partial charge in [0.05, 0.1) is 0 Å². The molecule has 270 valence electrons. The summed E-state index contributed by atoms with van der Waals surface area (Å²) in [5.74, 6) is 1.79. The minimum absolute atomic E-state index is 0.584. The maximum absolute atomic E-state index is 6.52. The van der Waals surface area contributed by atoms with Crippen molar-refractivity contribution in [1.82, 2.24) is 15.0 Å². The van der Waals surface area contributed by atoms with Crippen LogP contribution < -0.4 is 0 Å². The summed E-state index contributed by atoms with van der Waals surface area (Å²) in [6.07, 6.45) is 0. The molecule has 0 aliphatic carbocycles. The van der Waals surface area contributed by atoms with Crippen LogP contribution in [0.5, 0.6) is 0 Å². The van der Waals surface area contributed by atoms with E-state index >= 15 is 0 Å². The first kappa shape index (κ1) is 34.1. The molecule has 4 nitrogen and oxygen atoms in total. The molecule has 0 aliphatic heterocycles. The quantitative estimate of drug-likeness (QED) is 0.164. The van der Waals surface area contributed by atoms with Crippen LogP contribution in [0, 0.1) is 13.8 Å². The smallest absolute Gasteiger partial charge is 0.164 e. The second-order valence-electron chi connectivity index (χ2n) is 14.5. The van der Waals surface area contributed by atoms with Crippen molar-refractivity contribution in [2.45, 2.75) is 13.8 Å². The van der Waals surface area contributed by atoms with E-state index in [-0.39, 0.29) is 0 Å². The summed E-state index contributed by atoms with van der Waals surface area (Å²) < 4.78 is 6.52. The Balaban J connectivity index is 1.17. The van der Waals surface area contributed by atoms with E-state index in [4.69, 9.17) is 19.4 Å². The Morgan fingerprint density at radius 1 is 0.316 bits per heavy atom. The summed E-state index contributed by atoms with van der Waals surface area (Å²) >= 11 is 0. The van der Waals surface area contributed by atoms with E-state index in [1.165, 1.54) is 22.3 Å². The lowest BCUT2D eigenvalue weighted by Gasteiger charge is -2.13. The Labute approximate surface area is 331 Å². The molecule has 4 heteroatoms. The largest absolute Gasteiger partial charge is 0.456 e. The van der Waals surface area contributed by atoms with Gasteiger partial charge >= 0.3 is 0 Å². The molecule has 0 unspecified atom stereocenters. The van der Waals surface area contributed by atoms with Gasteiger partial charge in [0.25, 0.3) is 0 Å². The lowest BCUT2D eigenvalue weighted by Crippen LogP contribution is -2.01.